The number of carboxylic acids is 1. The Hall–Kier alpha value is -1.14. The SMILES string of the molecule is COOC=N[C@@H](CCO)C(=O)O. The molecule has 0 aliphatic rings. The second-order valence-corrected chi connectivity index (χ2v) is 1.88. The third-order valence-electron chi connectivity index (χ3n) is 1.07. The number of hydrogen-bond acceptors (Lipinski definition) is 5. The van der Waals surface area contributed by atoms with Crippen molar-refractivity contribution in [2.45, 2.75) is 12.5 Å². The average molecular weight is 177 g/mol. The van der Waals surface area contributed by atoms with Gasteiger partial charge in [-0.25, -0.2) is 9.79 Å². The largest absolute Gasteiger partial charge is 0.480 e. The molecule has 0 spiro atoms. The Morgan fingerprint density at radius 3 is 2.83 bits per heavy atom. The molecule has 2 N–H and O–H groups in total. The summed E-state index contributed by atoms with van der Waals surface area (Å²) >= 11 is 0. The van der Waals surface area contributed by atoms with Gasteiger partial charge in [-0.3, -0.25) is 0 Å². The van der Waals surface area contributed by atoms with Crippen LogP contribution in [0, 0.1) is 0 Å². The topological polar surface area (TPSA) is 88.4 Å². The van der Waals surface area contributed by atoms with Crippen LogP contribution in [-0.4, -0.2) is 42.3 Å². The van der Waals surface area contributed by atoms with Crippen molar-refractivity contribution in [3.05, 3.63) is 0 Å². The highest BCUT2D eigenvalue weighted by Crippen LogP contribution is 1.96. The molecular weight excluding hydrogens is 166 g/mol. The lowest BCUT2D eigenvalue weighted by Crippen LogP contribution is -2.19. The molecule has 12 heavy (non-hydrogen) atoms. The second-order valence-electron chi connectivity index (χ2n) is 1.88. The Morgan fingerprint density at radius 2 is 2.42 bits per heavy atom. The summed E-state index contributed by atoms with van der Waals surface area (Å²) in [6.45, 7) is -0.235. The van der Waals surface area contributed by atoms with Crippen molar-refractivity contribution in [1.29, 1.82) is 0 Å². The zero-order valence-electron chi connectivity index (χ0n) is 6.64. The quantitative estimate of drug-likeness (QED) is 0.245. The Bertz CT molecular complexity index is 158. The van der Waals surface area contributed by atoms with Crippen LogP contribution in [0.2, 0.25) is 0 Å². The summed E-state index contributed by atoms with van der Waals surface area (Å²) in [5.74, 6) is -1.11. The minimum Gasteiger partial charge on any atom is -0.480 e. The second kappa shape index (κ2) is 6.56. The molecule has 0 aromatic heterocycles. The normalized spacial score (nSPS) is 13.2. The van der Waals surface area contributed by atoms with Crippen molar-refractivity contribution in [1.82, 2.24) is 0 Å². The van der Waals surface area contributed by atoms with E-state index in [2.05, 4.69) is 14.8 Å². The molecule has 0 radical (unpaired) electrons. The molecule has 0 heterocycles. The summed E-state index contributed by atoms with van der Waals surface area (Å²) in [6, 6.07) is -0.981. The number of aliphatic imine (C=N–C) groups is 1. The predicted molar refractivity (Wildman–Crippen MR) is 39.7 cm³/mol. The van der Waals surface area contributed by atoms with Gasteiger partial charge in [0.15, 0.2) is 6.04 Å². The van der Waals surface area contributed by atoms with E-state index >= 15 is 0 Å². The van der Waals surface area contributed by atoms with Gasteiger partial charge in [-0.1, -0.05) is 0 Å². The van der Waals surface area contributed by atoms with E-state index in [0.717, 1.165) is 6.40 Å². The molecular formula is C6H11NO5. The fourth-order valence-corrected chi connectivity index (χ4v) is 0.525. The van der Waals surface area contributed by atoms with Crippen LogP contribution >= 0.6 is 0 Å². The monoisotopic (exact) mass is 177 g/mol. The molecule has 1 atom stereocenters. The summed E-state index contributed by atoms with van der Waals surface area (Å²) < 4.78 is 0. The third-order valence-corrected chi connectivity index (χ3v) is 1.07. The first-order chi connectivity index (χ1) is 5.72. The van der Waals surface area contributed by atoms with Crippen molar-refractivity contribution in [3.8, 4) is 0 Å². The molecule has 0 rings (SSSR count). The Morgan fingerprint density at radius 1 is 1.75 bits per heavy atom. The zero-order valence-corrected chi connectivity index (χ0v) is 6.64. The standard InChI is InChI=1S/C6H11NO5/c1-11-12-4-7-5(2-3-8)6(9)10/h4-5,8H,2-3H2,1H3,(H,9,10)/t5-/m0/s1. The number of carbonyl (C=O) groups is 1. The van der Waals surface area contributed by atoms with Gasteiger partial charge in [0.05, 0.1) is 7.11 Å². The van der Waals surface area contributed by atoms with Crippen LogP contribution in [0.1, 0.15) is 6.42 Å². The van der Waals surface area contributed by atoms with Crippen LogP contribution in [0.15, 0.2) is 4.99 Å². The number of aliphatic hydroxyl groups excluding tert-OH is 1. The molecule has 6 nitrogen and oxygen atoms in total. The first-order valence-corrected chi connectivity index (χ1v) is 3.27. The van der Waals surface area contributed by atoms with Crippen molar-refractivity contribution >= 4 is 12.4 Å². The van der Waals surface area contributed by atoms with E-state index in [0.29, 0.717) is 0 Å². The minimum atomic E-state index is -1.11. The Balaban J connectivity index is 3.85. The maximum Gasteiger partial charge on any atom is 0.328 e. The van der Waals surface area contributed by atoms with E-state index in [1.807, 2.05) is 0 Å². The Labute approximate surface area is 69.4 Å². The molecule has 0 amide bonds. The van der Waals surface area contributed by atoms with E-state index in [9.17, 15) is 4.79 Å². The van der Waals surface area contributed by atoms with Crippen LogP contribution in [0.3, 0.4) is 0 Å². The lowest BCUT2D eigenvalue weighted by atomic mass is 10.2. The van der Waals surface area contributed by atoms with Gasteiger partial charge in [0, 0.05) is 13.0 Å². The van der Waals surface area contributed by atoms with Crippen LogP contribution < -0.4 is 0 Å². The maximum absolute atomic E-state index is 10.4. The van der Waals surface area contributed by atoms with E-state index < -0.39 is 12.0 Å². The van der Waals surface area contributed by atoms with Crippen LogP contribution in [-0.2, 0) is 14.6 Å². The van der Waals surface area contributed by atoms with E-state index in [4.69, 9.17) is 10.2 Å². The summed E-state index contributed by atoms with van der Waals surface area (Å²) in [7, 11) is 1.27. The predicted octanol–water partition coefficient (Wildman–Crippen LogP) is -0.572. The molecule has 0 fully saturated rings. The molecule has 0 saturated carbocycles. The highest BCUT2D eigenvalue weighted by molar-refractivity contribution is 5.75. The first kappa shape index (κ1) is 10.9. The average Bonchev–Trinajstić information content (AvgIpc) is 2.03. The van der Waals surface area contributed by atoms with Crippen LogP contribution in [0.5, 0.6) is 0 Å². The van der Waals surface area contributed by atoms with Crippen LogP contribution in [0.4, 0.5) is 0 Å². The number of rotatable bonds is 6. The van der Waals surface area contributed by atoms with Gasteiger partial charge < -0.3 is 15.1 Å². The number of carboxylic acid groups (broad SMARTS) is 1. The number of nitrogens with zero attached hydrogens (tertiary/aromatic N) is 1. The minimum absolute atomic E-state index is 0.0545. The third kappa shape index (κ3) is 4.64. The summed E-state index contributed by atoms with van der Waals surface area (Å²) in [6.07, 6.45) is 0.938. The number of aliphatic carboxylic acids is 1. The van der Waals surface area contributed by atoms with Crippen molar-refractivity contribution in [2.75, 3.05) is 13.7 Å². The lowest BCUT2D eigenvalue weighted by molar-refractivity contribution is -0.188. The van der Waals surface area contributed by atoms with Gasteiger partial charge in [-0.15, -0.1) is 0 Å². The van der Waals surface area contributed by atoms with Gasteiger partial charge in [0.1, 0.15) is 0 Å². The molecule has 0 aromatic rings. The van der Waals surface area contributed by atoms with Gasteiger partial charge >= 0.3 is 5.97 Å². The van der Waals surface area contributed by atoms with Gasteiger partial charge in [-0.05, 0) is 0 Å². The molecule has 0 aliphatic carbocycles. The fraction of sp³-hybridized carbons (Fsp3) is 0.667. The van der Waals surface area contributed by atoms with E-state index in [-0.39, 0.29) is 13.0 Å². The molecule has 0 unspecified atom stereocenters. The molecule has 0 saturated heterocycles. The lowest BCUT2D eigenvalue weighted by Gasteiger charge is -2.02. The van der Waals surface area contributed by atoms with Crippen molar-refractivity contribution in [3.63, 3.8) is 0 Å². The van der Waals surface area contributed by atoms with E-state index in [1.54, 1.807) is 0 Å². The highest BCUT2D eigenvalue weighted by Gasteiger charge is 2.13. The summed E-state index contributed by atoms with van der Waals surface area (Å²) in [5, 5.41) is 16.9. The summed E-state index contributed by atoms with van der Waals surface area (Å²) in [4.78, 5) is 22.2. The van der Waals surface area contributed by atoms with Crippen molar-refractivity contribution < 1.29 is 24.8 Å². The zero-order chi connectivity index (χ0) is 9.40. The molecule has 6 heteroatoms. The maximum atomic E-state index is 10.4. The van der Waals surface area contributed by atoms with Gasteiger partial charge in [0.2, 0.25) is 6.40 Å². The van der Waals surface area contributed by atoms with E-state index in [1.165, 1.54) is 7.11 Å². The first-order valence-electron chi connectivity index (χ1n) is 3.27. The smallest absolute Gasteiger partial charge is 0.328 e. The van der Waals surface area contributed by atoms with Crippen molar-refractivity contribution in [2.24, 2.45) is 4.99 Å². The van der Waals surface area contributed by atoms with Gasteiger partial charge in [-0.2, -0.15) is 4.89 Å². The molecule has 0 aromatic carbocycles. The summed E-state index contributed by atoms with van der Waals surface area (Å²) in [5.41, 5.74) is 0. The number of hydrogen-bond donors (Lipinski definition) is 2. The highest BCUT2D eigenvalue weighted by atomic mass is 17.2. The molecule has 0 bridgehead atoms. The van der Waals surface area contributed by atoms with Crippen LogP contribution in [0.25, 0.3) is 0 Å². The van der Waals surface area contributed by atoms with Gasteiger partial charge in [0.25, 0.3) is 0 Å². The Kier molecular flexibility index (Phi) is 5.94. The molecule has 0 aliphatic heterocycles. The molecule has 70 valence electrons. The number of aliphatic hydroxyl groups is 1. The fourth-order valence-electron chi connectivity index (χ4n) is 0.525.